The van der Waals surface area contributed by atoms with E-state index in [-0.39, 0.29) is 116 Å². The molecule has 0 unspecified atom stereocenters. The summed E-state index contributed by atoms with van der Waals surface area (Å²) in [5.41, 5.74) is 2.47. The van der Waals surface area contributed by atoms with E-state index in [9.17, 15) is 99.4 Å². The predicted octanol–water partition coefficient (Wildman–Crippen LogP) is 20.4. The summed E-state index contributed by atoms with van der Waals surface area (Å²) in [6.45, 7) is -0.214. The van der Waals surface area contributed by atoms with E-state index in [0.29, 0.717) is 49.9 Å². The summed E-state index contributed by atoms with van der Waals surface area (Å²) in [5, 5.41) is 1.94. The molecule has 8 aromatic rings. The molecule has 0 saturated carbocycles. The molecule has 0 spiro atoms. The van der Waals surface area contributed by atoms with E-state index in [0.717, 1.165) is 200 Å². The normalized spacial score (nSPS) is 16.5. The Hall–Kier alpha value is -8.65. The summed E-state index contributed by atoms with van der Waals surface area (Å²) < 4.78 is 240. The van der Waals surface area contributed by atoms with Crippen molar-refractivity contribution in [1.29, 1.82) is 0 Å². The molecule has 0 radical (unpaired) electrons. The molecule has 7 aliphatic rings. The molecule has 41 heteroatoms. The molecule has 8 aromatic carbocycles. The molecule has 0 bridgehead atoms. The van der Waals surface area contributed by atoms with Crippen molar-refractivity contribution in [1.82, 2.24) is 0 Å². The van der Waals surface area contributed by atoms with Crippen LogP contribution in [-0.4, -0.2) is 260 Å². The van der Waals surface area contributed by atoms with E-state index in [2.05, 4.69) is 23.7 Å². The summed E-state index contributed by atoms with van der Waals surface area (Å²) in [7, 11) is 3.12. The van der Waals surface area contributed by atoms with Gasteiger partial charge in [-0.3, -0.25) is 0 Å². The zero-order chi connectivity index (χ0) is 101. The fourth-order valence-corrected chi connectivity index (χ4v) is 30.5. The number of halogens is 15. The van der Waals surface area contributed by atoms with Crippen molar-refractivity contribution >= 4 is 129 Å². The highest BCUT2D eigenvalue weighted by Gasteiger charge is 2.42. The Morgan fingerprint density at radius 3 is 0.950 bits per heavy atom. The van der Waals surface area contributed by atoms with E-state index in [4.69, 9.17) is 33.2 Å². The lowest BCUT2D eigenvalue weighted by atomic mass is 10.1. The Morgan fingerprint density at radius 1 is 0.286 bits per heavy atom. The maximum Gasteiger partial charge on any atom is 0.422 e. The number of alkyl halides is 15. The van der Waals surface area contributed by atoms with Crippen LogP contribution in [0.15, 0.2) is 210 Å². The molecular weight excluding hydrogens is 2000 g/mol. The lowest BCUT2D eigenvalue weighted by Crippen LogP contribution is -2.28. The number of methoxy groups -OCH3 is 2. The quantitative estimate of drug-likeness (QED) is 0.0180. The summed E-state index contributed by atoms with van der Waals surface area (Å²) >= 11 is 0. The van der Waals surface area contributed by atoms with Crippen LogP contribution < -0.4 is 4.74 Å². The second-order valence-electron chi connectivity index (χ2n) is 31.5. The van der Waals surface area contributed by atoms with Gasteiger partial charge < -0.3 is 56.8 Å². The van der Waals surface area contributed by atoms with Crippen molar-refractivity contribution in [2.45, 2.75) is 136 Å². The van der Waals surface area contributed by atoms with Crippen LogP contribution in [-0.2, 0) is 128 Å². The highest BCUT2D eigenvalue weighted by Crippen LogP contribution is 2.37. The average molecular weight is 2120 g/mol. The Kier molecular flexibility index (Phi) is 47.9. The molecule has 7 aliphatic heterocycles. The number of carbonyl (C=O) groups excluding carboxylic acids is 7. The van der Waals surface area contributed by atoms with Crippen molar-refractivity contribution in [3.63, 3.8) is 0 Å². The number of fused-ring (bicyclic) bond motifs is 1. The maximum absolute atomic E-state index is 12.3. The molecule has 0 N–H and O–H groups in total. The first-order valence-electron chi connectivity index (χ1n) is 45.1. The van der Waals surface area contributed by atoms with Crippen molar-refractivity contribution in [3.05, 3.63) is 215 Å². The molecule has 15 rings (SSSR count). The number of hydrogen-bond donors (Lipinski definition) is 0. The van der Waals surface area contributed by atoms with Gasteiger partial charge in [-0.25, -0.2) is 33.6 Å². The van der Waals surface area contributed by atoms with E-state index in [1.807, 2.05) is 97.9 Å². The van der Waals surface area contributed by atoms with Gasteiger partial charge in [-0.1, -0.05) is 60.7 Å². The fourth-order valence-electron chi connectivity index (χ4n) is 14.7. The van der Waals surface area contributed by atoms with Crippen LogP contribution in [0.4, 0.5) is 65.9 Å². The summed E-state index contributed by atoms with van der Waals surface area (Å²) in [5.74, 6) is 9.21. The molecule has 764 valence electrons. The lowest BCUT2D eigenvalue weighted by molar-refractivity contribution is -0.162. The molecule has 7 fully saturated rings. The van der Waals surface area contributed by atoms with Crippen LogP contribution in [0.25, 0.3) is 10.8 Å². The Labute approximate surface area is 823 Å². The number of rotatable bonds is 24. The zero-order valence-corrected chi connectivity index (χ0v) is 83.1. The van der Waals surface area contributed by atoms with Crippen molar-refractivity contribution < 1.29 is 156 Å². The van der Waals surface area contributed by atoms with Crippen molar-refractivity contribution in [2.75, 3.05) is 187 Å². The Balaban J connectivity index is 0.000000183. The van der Waals surface area contributed by atoms with Gasteiger partial charge in [0.1, 0.15) is 121 Å². The molecule has 7 heterocycles. The topological polar surface area (TPSA) is 230 Å². The predicted molar refractivity (Wildman–Crippen MR) is 515 cm³/mol. The van der Waals surface area contributed by atoms with Gasteiger partial charge in [0.05, 0.1) is 71.1 Å². The lowest BCUT2D eigenvalue weighted by Gasteiger charge is -2.16. The van der Waals surface area contributed by atoms with Gasteiger partial charge >= 0.3 is 72.7 Å². The first-order valence-corrected chi connectivity index (χ1v) is 56.0. The van der Waals surface area contributed by atoms with Crippen LogP contribution in [0.3, 0.4) is 0 Å². The third-order valence-corrected chi connectivity index (χ3v) is 38.3. The van der Waals surface area contributed by atoms with E-state index in [1.165, 1.54) is 35.5 Å². The smallest absolute Gasteiger partial charge is 0.422 e. The average Bonchev–Trinajstić information content (AvgIpc) is 1.32. The third-order valence-electron chi connectivity index (χ3n) is 21.3. The SMILES string of the molecule is CCOC(=O)c1ccc([S+]2CCOCC2)cc1.COCCOC(=O)c1ccc([S+]2CCOCC2)cc1.COc1ccc([S+]2CCCCC2)c(C(=O)OCC(F)(F)F)c1.O=C(OCC(F)(F)F)c1ccc2ccccc2c1[S+]1CCCC1.O=C(OCC(F)(F)F)c1ccccc1[S+]1CCCC1.O=C(OCC(F)(F)F)c1ccccc1[S+]1CCCCC1.O=C(OCC(F)(F)F)c1ccccc1[S+]1CCOCC1. The minimum Gasteiger partial charge on any atom is -0.497 e. The monoisotopic (exact) mass is 2120 g/mol. The molecule has 0 atom stereocenters. The van der Waals surface area contributed by atoms with Crippen LogP contribution in [0.2, 0.25) is 0 Å². The van der Waals surface area contributed by atoms with Gasteiger partial charge in [0, 0.05) is 88.8 Å². The van der Waals surface area contributed by atoms with Gasteiger partial charge in [0.15, 0.2) is 67.3 Å². The van der Waals surface area contributed by atoms with Gasteiger partial charge in [0.2, 0.25) is 0 Å². The second-order valence-corrected chi connectivity index (χ2v) is 47.3. The second kappa shape index (κ2) is 58.3. The van der Waals surface area contributed by atoms with Crippen LogP contribution >= 0.6 is 0 Å². The molecular formula is C99H114F15O19S7+7. The minimum absolute atomic E-state index is 0.0296. The molecule has 140 heavy (non-hydrogen) atoms. The van der Waals surface area contributed by atoms with Gasteiger partial charge in [-0.15, -0.1) is 0 Å². The third kappa shape index (κ3) is 39.8. The largest absolute Gasteiger partial charge is 0.497 e. The first kappa shape index (κ1) is 115. The van der Waals surface area contributed by atoms with Crippen molar-refractivity contribution in [3.8, 4) is 5.75 Å². The Morgan fingerprint density at radius 2 is 0.593 bits per heavy atom. The van der Waals surface area contributed by atoms with Crippen molar-refractivity contribution in [2.24, 2.45) is 0 Å². The highest BCUT2D eigenvalue weighted by molar-refractivity contribution is 7.98. The molecule has 7 saturated heterocycles. The number of carbonyl (C=O) groups is 7. The summed E-state index contributed by atoms with van der Waals surface area (Å²) in [6, 6.07) is 51.9. The standard InChI is InChI=1S/C17H16F3O2S.C15H18F3O3S.C14H16F3O2S.C14H19O4S.C13H14F3O3S.C13H14F3O2S.C13H17O3S/c18-17(19,20)11-22-16(21)14-8-7-12-5-1-2-6-13(12)15(14)23-9-3-4-10-23;1-20-11-5-6-13(22-7-3-2-4-8-22)12(9-11)14(19)21-10-15(16,17)18;15-14(16,17)10-19-13(18)11-6-2-3-7-12(11)20-8-4-1-5-9-20;1-16-6-7-18-14(15)12-2-4-13(5-3-12)19-10-8-17-9-11-19;14-13(15,16)9-19-12(17)10-3-1-2-4-11(10)20-7-5-18-6-8-20;14-13(15,16)9-18-12(17)10-5-1-2-6-11(10)19-7-3-4-8-19;1-2-16-13(14)11-3-5-12(6-4-11)17-9-7-15-8-10-17/h1-2,5-8H,3-4,9-11H2;5-6,9H,2-4,7-8,10H2,1H3;2-3,6-7H,1,4-5,8-10H2;2-5H,6-11H2,1H3;1-4H,5-9H2;1-2,5-6H,3-4,7-9H2;3-6H,2,7-10H2,1H3/q7*+1. The van der Waals surface area contributed by atoms with E-state index < -0.39 is 93.8 Å². The van der Waals surface area contributed by atoms with Crippen LogP contribution in [0, 0.1) is 0 Å². The van der Waals surface area contributed by atoms with Gasteiger partial charge in [0.25, 0.3) is 0 Å². The first-order chi connectivity index (χ1) is 66.9. The van der Waals surface area contributed by atoms with Crippen LogP contribution in [0.5, 0.6) is 5.75 Å². The van der Waals surface area contributed by atoms with Gasteiger partial charge in [-0.05, 0) is 192 Å². The number of hydrogen-bond acceptors (Lipinski definition) is 19. The van der Waals surface area contributed by atoms with E-state index in [1.54, 1.807) is 79.9 Å². The number of esters is 7. The van der Waals surface area contributed by atoms with Crippen LogP contribution in [0.1, 0.15) is 144 Å². The highest BCUT2D eigenvalue weighted by atomic mass is 32.2. The molecule has 19 nitrogen and oxygen atoms in total. The molecule has 0 amide bonds. The molecule has 0 aliphatic carbocycles. The fraction of sp³-hybridized carbons (Fsp3) is 0.465. The summed E-state index contributed by atoms with van der Waals surface area (Å²) in [6.07, 6.45) is -11.4. The maximum atomic E-state index is 12.3. The minimum atomic E-state index is -4.53. The number of ether oxygens (including phenoxy) is 12. The number of benzene rings is 8. The zero-order valence-electron chi connectivity index (χ0n) is 77.4. The molecule has 0 aromatic heterocycles. The summed E-state index contributed by atoms with van der Waals surface area (Å²) in [4.78, 5) is 89.6. The Bertz CT molecular complexity index is 5100. The van der Waals surface area contributed by atoms with Gasteiger partial charge in [-0.2, -0.15) is 65.9 Å². The van der Waals surface area contributed by atoms with E-state index >= 15 is 0 Å².